The highest BCUT2D eigenvalue weighted by atomic mass is 35.5. The molecule has 0 atom stereocenters. The Bertz CT molecular complexity index is 546. The van der Waals surface area contributed by atoms with E-state index in [2.05, 4.69) is 10.5 Å². The molecule has 90 valence electrons. The Kier molecular flexibility index (Phi) is 3.16. The molecule has 0 radical (unpaired) electrons. The molecule has 17 heavy (non-hydrogen) atoms. The monoisotopic (exact) mass is 254 g/mol. The molecule has 1 amide bonds. The van der Waals surface area contributed by atoms with Gasteiger partial charge in [-0.1, -0.05) is 11.6 Å². The summed E-state index contributed by atoms with van der Waals surface area (Å²) in [5.74, 6) is 5.81. The van der Waals surface area contributed by atoms with E-state index in [-0.39, 0.29) is 5.91 Å². The fourth-order valence-electron chi connectivity index (χ4n) is 1.51. The van der Waals surface area contributed by atoms with Crippen LogP contribution in [-0.2, 0) is 6.54 Å². The van der Waals surface area contributed by atoms with E-state index in [1.807, 2.05) is 0 Å². The van der Waals surface area contributed by atoms with Gasteiger partial charge in [-0.15, -0.1) is 0 Å². The maximum atomic E-state index is 11.4. The summed E-state index contributed by atoms with van der Waals surface area (Å²) in [5.41, 5.74) is 2.48. The Labute approximate surface area is 102 Å². The first-order valence-electron chi connectivity index (χ1n) is 4.88. The van der Waals surface area contributed by atoms with E-state index in [1.54, 1.807) is 23.9 Å². The van der Waals surface area contributed by atoms with E-state index in [0.29, 0.717) is 28.7 Å². The second kappa shape index (κ2) is 4.60. The molecule has 2 rings (SSSR count). The van der Waals surface area contributed by atoms with Gasteiger partial charge in [0.05, 0.1) is 23.3 Å². The minimum absolute atomic E-state index is 0.379. The number of furan rings is 1. The molecule has 2 aromatic heterocycles. The molecule has 0 saturated heterocycles. The van der Waals surface area contributed by atoms with Gasteiger partial charge in [-0.25, -0.2) is 5.84 Å². The summed E-state index contributed by atoms with van der Waals surface area (Å²) in [6.07, 6.45) is 3.20. The maximum Gasteiger partial charge on any atom is 0.268 e. The molecule has 0 saturated carbocycles. The number of carbonyl (C=O) groups excluding carboxylic acids is 1. The lowest BCUT2D eigenvalue weighted by Crippen LogP contribution is -2.30. The van der Waals surface area contributed by atoms with E-state index >= 15 is 0 Å². The quantitative estimate of drug-likeness (QED) is 0.488. The number of hydrogen-bond donors (Lipinski definition) is 2. The number of halogens is 1. The number of hydrogen-bond acceptors (Lipinski definition) is 4. The molecule has 2 aromatic rings. The predicted molar refractivity (Wildman–Crippen MR) is 61.4 cm³/mol. The van der Waals surface area contributed by atoms with E-state index in [4.69, 9.17) is 21.9 Å². The lowest BCUT2D eigenvalue weighted by Gasteiger charge is -1.95. The molecule has 0 aliphatic carbocycles. The van der Waals surface area contributed by atoms with Crippen LogP contribution < -0.4 is 11.3 Å². The minimum atomic E-state index is -0.379. The van der Waals surface area contributed by atoms with Crippen molar-refractivity contribution in [3.63, 3.8) is 0 Å². The van der Waals surface area contributed by atoms with Crippen LogP contribution in [0.4, 0.5) is 0 Å². The molecular formula is C10H11ClN4O2. The van der Waals surface area contributed by atoms with Gasteiger partial charge in [0, 0.05) is 6.20 Å². The van der Waals surface area contributed by atoms with Gasteiger partial charge in [0.2, 0.25) is 0 Å². The van der Waals surface area contributed by atoms with Crippen LogP contribution in [0.1, 0.15) is 21.9 Å². The summed E-state index contributed by atoms with van der Waals surface area (Å²) in [5, 5.41) is 4.56. The van der Waals surface area contributed by atoms with E-state index in [0.717, 1.165) is 0 Å². The fraction of sp³-hybridized carbons (Fsp3) is 0.200. The van der Waals surface area contributed by atoms with E-state index in [9.17, 15) is 4.79 Å². The number of nitrogens with two attached hydrogens (primary N) is 1. The SMILES string of the molecule is Cc1oc(Cn2cc(Cl)cn2)cc1C(=O)NN. The summed E-state index contributed by atoms with van der Waals surface area (Å²) in [7, 11) is 0. The summed E-state index contributed by atoms with van der Waals surface area (Å²) < 4.78 is 7.05. The third-order valence-electron chi connectivity index (χ3n) is 2.26. The van der Waals surface area contributed by atoms with Crippen molar-refractivity contribution in [2.24, 2.45) is 5.84 Å². The number of hydrazine groups is 1. The molecule has 3 N–H and O–H groups in total. The number of carbonyl (C=O) groups is 1. The smallest absolute Gasteiger partial charge is 0.268 e. The second-order valence-electron chi connectivity index (χ2n) is 3.51. The van der Waals surface area contributed by atoms with Gasteiger partial charge in [-0.05, 0) is 13.0 Å². The van der Waals surface area contributed by atoms with Gasteiger partial charge in [0.25, 0.3) is 5.91 Å². The highest BCUT2D eigenvalue weighted by molar-refractivity contribution is 6.30. The first-order valence-corrected chi connectivity index (χ1v) is 5.26. The highest BCUT2D eigenvalue weighted by Gasteiger charge is 2.14. The molecule has 0 bridgehead atoms. The third-order valence-corrected chi connectivity index (χ3v) is 2.46. The number of nitrogens with zero attached hydrogens (tertiary/aromatic N) is 2. The van der Waals surface area contributed by atoms with Crippen molar-refractivity contribution < 1.29 is 9.21 Å². The molecule has 0 fully saturated rings. The Morgan fingerprint density at radius 3 is 3.06 bits per heavy atom. The van der Waals surface area contributed by atoms with Crippen molar-refractivity contribution in [3.8, 4) is 0 Å². The van der Waals surface area contributed by atoms with Crippen molar-refractivity contribution in [1.29, 1.82) is 0 Å². The van der Waals surface area contributed by atoms with Crippen molar-refractivity contribution in [2.75, 3.05) is 0 Å². The van der Waals surface area contributed by atoms with Crippen LogP contribution in [-0.4, -0.2) is 15.7 Å². The van der Waals surface area contributed by atoms with Crippen LogP contribution in [0.2, 0.25) is 5.02 Å². The maximum absolute atomic E-state index is 11.4. The summed E-state index contributed by atoms with van der Waals surface area (Å²) in [6.45, 7) is 2.11. The van der Waals surface area contributed by atoms with Gasteiger partial charge in [-0.2, -0.15) is 5.10 Å². The molecule has 0 unspecified atom stereocenters. The first kappa shape index (κ1) is 11.7. The van der Waals surface area contributed by atoms with Gasteiger partial charge in [-0.3, -0.25) is 14.9 Å². The number of nitrogens with one attached hydrogen (secondary N) is 1. The summed E-state index contributed by atoms with van der Waals surface area (Å²) >= 11 is 5.74. The number of rotatable bonds is 3. The predicted octanol–water partition coefficient (Wildman–Crippen LogP) is 1.09. The first-order chi connectivity index (χ1) is 8.10. The third kappa shape index (κ3) is 2.48. The lowest BCUT2D eigenvalue weighted by atomic mass is 10.2. The standard InChI is InChI=1S/C10H11ClN4O2/c1-6-9(10(16)14-12)2-8(17-6)5-15-4-7(11)3-13-15/h2-4H,5,12H2,1H3,(H,14,16). The van der Waals surface area contributed by atoms with Crippen molar-refractivity contribution in [1.82, 2.24) is 15.2 Å². The molecule has 2 heterocycles. The average molecular weight is 255 g/mol. The fourth-order valence-corrected chi connectivity index (χ4v) is 1.67. The molecule has 0 aliphatic heterocycles. The van der Waals surface area contributed by atoms with E-state index < -0.39 is 0 Å². The summed E-state index contributed by atoms with van der Waals surface area (Å²) in [6, 6.07) is 1.63. The molecule has 0 aliphatic rings. The number of aryl methyl sites for hydroxylation is 1. The van der Waals surface area contributed by atoms with Crippen molar-refractivity contribution >= 4 is 17.5 Å². The molecule has 0 spiro atoms. The van der Waals surface area contributed by atoms with Crippen molar-refractivity contribution in [3.05, 3.63) is 40.6 Å². The largest absolute Gasteiger partial charge is 0.464 e. The lowest BCUT2D eigenvalue weighted by molar-refractivity contribution is 0.0952. The van der Waals surface area contributed by atoms with Gasteiger partial charge < -0.3 is 4.42 Å². The van der Waals surface area contributed by atoms with Crippen LogP contribution in [0.15, 0.2) is 22.9 Å². The van der Waals surface area contributed by atoms with Crippen LogP contribution in [0.3, 0.4) is 0 Å². The second-order valence-corrected chi connectivity index (χ2v) is 3.95. The van der Waals surface area contributed by atoms with Gasteiger partial charge >= 0.3 is 0 Å². The Balaban J connectivity index is 2.20. The zero-order valence-electron chi connectivity index (χ0n) is 9.11. The van der Waals surface area contributed by atoms with Crippen LogP contribution >= 0.6 is 11.6 Å². The highest BCUT2D eigenvalue weighted by Crippen LogP contribution is 2.16. The van der Waals surface area contributed by atoms with Crippen LogP contribution in [0.5, 0.6) is 0 Å². The Morgan fingerprint density at radius 1 is 1.71 bits per heavy atom. The number of nitrogen functional groups attached to an aromatic ring is 1. The zero-order valence-corrected chi connectivity index (χ0v) is 9.86. The number of amides is 1. The molecule has 7 heteroatoms. The summed E-state index contributed by atoms with van der Waals surface area (Å²) in [4.78, 5) is 11.4. The topological polar surface area (TPSA) is 86.1 Å². The average Bonchev–Trinajstić information content (AvgIpc) is 2.85. The van der Waals surface area contributed by atoms with E-state index in [1.165, 1.54) is 6.20 Å². The Hall–Kier alpha value is -1.79. The van der Waals surface area contributed by atoms with Gasteiger partial charge in [0.1, 0.15) is 11.5 Å². The molecule has 6 nitrogen and oxygen atoms in total. The minimum Gasteiger partial charge on any atom is -0.464 e. The van der Waals surface area contributed by atoms with Crippen LogP contribution in [0, 0.1) is 6.92 Å². The Morgan fingerprint density at radius 2 is 2.47 bits per heavy atom. The van der Waals surface area contributed by atoms with Crippen LogP contribution in [0.25, 0.3) is 0 Å². The van der Waals surface area contributed by atoms with Gasteiger partial charge in [0.15, 0.2) is 0 Å². The zero-order chi connectivity index (χ0) is 12.4. The molecular weight excluding hydrogens is 244 g/mol. The normalized spacial score (nSPS) is 10.5. The molecule has 0 aromatic carbocycles. The van der Waals surface area contributed by atoms with Crippen molar-refractivity contribution in [2.45, 2.75) is 13.5 Å². The number of aromatic nitrogens is 2.